The number of aromatic nitrogens is 4. The van der Waals surface area contributed by atoms with Crippen molar-refractivity contribution in [3.05, 3.63) is 83.3 Å². The number of nitrogens with two attached hydrogens (primary N) is 1. The van der Waals surface area contributed by atoms with Gasteiger partial charge in [-0.25, -0.2) is 14.2 Å². The number of ether oxygens (including phenoxy) is 3. The quantitative estimate of drug-likeness (QED) is 0.291. The Morgan fingerprint density at radius 3 is 2.58 bits per heavy atom. The van der Waals surface area contributed by atoms with Crippen molar-refractivity contribution in [3.8, 4) is 0 Å². The molecule has 2 aromatic heterocycles. The van der Waals surface area contributed by atoms with Gasteiger partial charge < -0.3 is 19.9 Å². The van der Waals surface area contributed by atoms with Gasteiger partial charge in [-0.1, -0.05) is 60.1 Å². The van der Waals surface area contributed by atoms with Crippen LogP contribution in [0.1, 0.15) is 29.1 Å². The Morgan fingerprint density at radius 2 is 1.86 bits per heavy atom. The number of esters is 1. The number of carbonyl (C=O) groups excluding carboxylic acids is 1. The zero-order chi connectivity index (χ0) is 25.3. The van der Waals surface area contributed by atoms with E-state index in [2.05, 4.69) is 15.0 Å². The summed E-state index contributed by atoms with van der Waals surface area (Å²) >= 11 is 6.17. The predicted octanol–water partition coefficient (Wildman–Crippen LogP) is 4.13. The van der Waals surface area contributed by atoms with E-state index in [1.54, 1.807) is 30.3 Å². The van der Waals surface area contributed by atoms with Gasteiger partial charge in [0, 0.05) is 0 Å². The van der Waals surface area contributed by atoms with Crippen molar-refractivity contribution < 1.29 is 23.4 Å². The lowest BCUT2D eigenvalue weighted by molar-refractivity contribution is -0.102. The number of rotatable bonds is 7. The van der Waals surface area contributed by atoms with E-state index in [1.165, 1.54) is 17.8 Å². The van der Waals surface area contributed by atoms with Crippen LogP contribution in [-0.2, 0) is 20.8 Å². The van der Waals surface area contributed by atoms with Gasteiger partial charge in [0.05, 0.1) is 25.1 Å². The molecule has 0 amide bonds. The van der Waals surface area contributed by atoms with E-state index in [0.29, 0.717) is 0 Å². The maximum absolute atomic E-state index is 16.0. The van der Waals surface area contributed by atoms with E-state index < -0.39 is 30.1 Å². The number of halogens is 2. The zero-order valence-electron chi connectivity index (χ0n) is 19.3. The van der Waals surface area contributed by atoms with Crippen LogP contribution in [0.25, 0.3) is 11.2 Å². The van der Waals surface area contributed by atoms with Crippen LogP contribution in [0.5, 0.6) is 0 Å². The molecule has 4 atom stereocenters. The topological polar surface area (TPSA) is 114 Å². The van der Waals surface area contributed by atoms with Crippen LogP contribution in [-0.4, -0.2) is 50.0 Å². The monoisotopic (exact) mass is 511 g/mol. The number of alkyl halides is 1. The number of hydrogen-bond donors (Lipinski definition) is 1. The van der Waals surface area contributed by atoms with Crippen LogP contribution in [0, 0.1) is 0 Å². The summed E-state index contributed by atoms with van der Waals surface area (Å²) in [4.78, 5) is 25.3. The summed E-state index contributed by atoms with van der Waals surface area (Å²) in [6, 6.07) is 17.8. The average Bonchev–Trinajstić information content (AvgIpc) is 3.39. The fraction of sp³-hybridized carbons (Fsp3) is 0.280. The van der Waals surface area contributed by atoms with Gasteiger partial charge in [0.2, 0.25) is 5.95 Å². The van der Waals surface area contributed by atoms with E-state index in [-0.39, 0.29) is 41.0 Å². The smallest absolute Gasteiger partial charge is 0.338 e. The van der Waals surface area contributed by atoms with E-state index in [1.807, 2.05) is 30.3 Å². The van der Waals surface area contributed by atoms with Gasteiger partial charge in [0.25, 0.3) is 0 Å². The number of imidazole rings is 1. The molecular weight excluding hydrogens is 489 g/mol. The molecule has 1 saturated heterocycles. The Morgan fingerprint density at radius 1 is 1.17 bits per heavy atom. The number of nitrogen functional groups attached to an aromatic ring is 1. The minimum absolute atomic E-state index is 0.0387. The minimum Gasteiger partial charge on any atom is -0.448 e. The van der Waals surface area contributed by atoms with Crippen molar-refractivity contribution >= 4 is 34.7 Å². The summed E-state index contributed by atoms with van der Waals surface area (Å²) in [6.45, 7) is 1.67. The van der Waals surface area contributed by atoms with Crippen LogP contribution in [0.3, 0.4) is 0 Å². The molecule has 2 aromatic carbocycles. The van der Waals surface area contributed by atoms with Crippen LogP contribution < -0.4 is 5.73 Å². The molecule has 2 N–H and O–H groups in total. The summed E-state index contributed by atoms with van der Waals surface area (Å²) in [7, 11) is 0. The lowest BCUT2D eigenvalue weighted by atomic mass is 9.97. The van der Waals surface area contributed by atoms with Crippen LogP contribution >= 0.6 is 11.6 Å². The molecule has 0 spiro atoms. The Kier molecular flexibility index (Phi) is 6.57. The summed E-state index contributed by atoms with van der Waals surface area (Å²) in [5.74, 6) is -0.786. The molecule has 5 rings (SSSR count). The lowest BCUT2D eigenvalue weighted by Crippen LogP contribution is -2.46. The highest BCUT2D eigenvalue weighted by atomic mass is 35.5. The van der Waals surface area contributed by atoms with Gasteiger partial charge in [-0.2, -0.15) is 9.97 Å². The Labute approximate surface area is 211 Å². The molecule has 0 saturated carbocycles. The molecule has 0 radical (unpaired) electrons. The predicted molar refractivity (Wildman–Crippen MR) is 130 cm³/mol. The standard InChI is InChI=1S/C25H23ClFN5O4/c1-25(36-22(33)16-10-6-3-7-11-16)19(27)17(13-34-12-15-8-4-2-5-9-15)35-23(25)32-14-29-18-20(26)30-24(28)31-21(18)32/h2-11,14,17,19,23H,12-13H2,1H3,(H2,28,30,31)/t17-,19-,23-,25-/m1/s1. The van der Waals surface area contributed by atoms with Gasteiger partial charge in [-0.05, 0) is 24.6 Å². The van der Waals surface area contributed by atoms with Crippen molar-refractivity contribution in [3.63, 3.8) is 0 Å². The maximum atomic E-state index is 16.0. The van der Waals surface area contributed by atoms with Gasteiger partial charge in [0.15, 0.2) is 28.8 Å². The first-order valence-electron chi connectivity index (χ1n) is 11.2. The van der Waals surface area contributed by atoms with Crippen LogP contribution in [0.2, 0.25) is 5.15 Å². The van der Waals surface area contributed by atoms with Crippen molar-refractivity contribution in [1.82, 2.24) is 19.5 Å². The molecule has 0 unspecified atom stereocenters. The SMILES string of the molecule is C[C@@]1(OC(=O)c2ccccc2)[C@H](F)[C@@H](COCc2ccccc2)O[C@H]1n1cnc2c(Cl)nc(N)nc21. The number of carbonyl (C=O) groups is 1. The first-order valence-corrected chi connectivity index (χ1v) is 11.6. The maximum Gasteiger partial charge on any atom is 0.338 e. The second-order valence-electron chi connectivity index (χ2n) is 8.57. The number of benzene rings is 2. The summed E-state index contributed by atoms with van der Waals surface area (Å²) < 4.78 is 35.1. The van der Waals surface area contributed by atoms with E-state index in [4.69, 9.17) is 31.5 Å². The summed E-state index contributed by atoms with van der Waals surface area (Å²) in [5, 5.41) is 0.0387. The second-order valence-corrected chi connectivity index (χ2v) is 8.92. The van der Waals surface area contributed by atoms with Crippen molar-refractivity contribution in [2.45, 2.75) is 37.6 Å². The highest BCUT2D eigenvalue weighted by Gasteiger charge is 2.59. The molecule has 11 heteroatoms. The molecule has 36 heavy (non-hydrogen) atoms. The summed E-state index contributed by atoms with van der Waals surface area (Å²) in [5.41, 5.74) is 5.71. The molecule has 4 aromatic rings. The highest BCUT2D eigenvalue weighted by molar-refractivity contribution is 6.33. The molecule has 1 aliphatic heterocycles. The van der Waals surface area contributed by atoms with E-state index in [0.717, 1.165) is 5.56 Å². The second kappa shape index (κ2) is 9.81. The van der Waals surface area contributed by atoms with Gasteiger partial charge >= 0.3 is 5.97 Å². The molecule has 9 nitrogen and oxygen atoms in total. The zero-order valence-corrected chi connectivity index (χ0v) is 20.0. The Bertz CT molecular complexity index is 1370. The molecule has 0 bridgehead atoms. The molecular formula is C25H23ClFN5O4. The largest absolute Gasteiger partial charge is 0.448 e. The third kappa shape index (κ3) is 4.50. The van der Waals surface area contributed by atoms with Gasteiger partial charge in [-0.3, -0.25) is 4.57 Å². The normalized spacial score (nSPS) is 23.7. The average molecular weight is 512 g/mol. The fourth-order valence-corrected chi connectivity index (χ4v) is 4.44. The third-order valence-corrected chi connectivity index (χ3v) is 6.30. The molecule has 0 aliphatic carbocycles. The lowest BCUT2D eigenvalue weighted by Gasteiger charge is -2.31. The first-order chi connectivity index (χ1) is 17.4. The Hall–Kier alpha value is -3.60. The van der Waals surface area contributed by atoms with Gasteiger partial charge in [-0.15, -0.1) is 0 Å². The molecule has 1 aliphatic rings. The minimum atomic E-state index is -1.76. The van der Waals surface area contributed by atoms with Gasteiger partial charge in [0.1, 0.15) is 11.6 Å². The first kappa shape index (κ1) is 24.1. The Balaban J connectivity index is 1.46. The number of hydrogen-bond acceptors (Lipinski definition) is 8. The third-order valence-electron chi connectivity index (χ3n) is 6.03. The highest BCUT2D eigenvalue weighted by Crippen LogP contribution is 2.44. The van der Waals surface area contributed by atoms with Crippen molar-refractivity contribution in [2.24, 2.45) is 0 Å². The fourth-order valence-electron chi connectivity index (χ4n) is 4.22. The van der Waals surface area contributed by atoms with E-state index in [9.17, 15) is 4.79 Å². The molecule has 186 valence electrons. The molecule has 3 heterocycles. The number of nitrogens with zero attached hydrogens (tertiary/aromatic N) is 4. The summed E-state index contributed by atoms with van der Waals surface area (Å²) in [6.07, 6.45) is -2.54. The number of anilines is 1. The van der Waals surface area contributed by atoms with E-state index >= 15 is 4.39 Å². The van der Waals surface area contributed by atoms with Crippen molar-refractivity contribution in [1.29, 1.82) is 0 Å². The van der Waals surface area contributed by atoms with Crippen LogP contribution in [0.4, 0.5) is 10.3 Å². The molecule has 1 fully saturated rings. The van der Waals surface area contributed by atoms with Crippen LogP contribution in [0.15, 0.2) is 67.0 Å². The van der Waals surface area contributed by atoms with Crippen molar-refractivity contribution in [2.75, 3.05) is 12.3 Å². The number of fused-ring (bicyclic) bond motifs is 1.